The Labute approximate surface area is 151 Å². The number of anilines is 1. The van der Waals surface area contributed by atoms with Gasteiger partial charge >= 0.3 is 0 Å². The van der Waals surface area contributed by atoms with Crippen LogP contribution in [0.3, 0.4) is 0 Å². The molecule has 7 heteroatoms. The number of aromatic amines is 1. The van der Waals surface area contributed by atoms with Crippen molar-refractivity contribution in [3.05, 3.63) is 73.3 Å². The van der Waals surface area contributed by atoms with E-state index in [0.29, 0.717) is 25.4 Å². The topological polar surface area (TPSA) is 66.4 Å². The number of nitrogens with one attached hydrogen (secondary N) is 2. The largest absolute Gasteiger partial charge is 0.321 e. The Hall–Kier alpha value is -2.77. The van der Waals surface area contributed by atoms with Crippen molar-refractivity contribution in [3.63, 3.8) is 0 Å². The summed E-state index contributed by atoms with van der Waals surface area (Å²) in [6.07, 6.45) is 0. The number of hydrogen-bond donors (Lipinski definition) is 2. The van der Waals surface area contributed by atoms with E-state index in [0.717, 1.165) is 11.3 Å². The summed E-state index contributed by atoms with van der Waals surface area (Å²) >= 11 is 6.61. The van der Waals surface area contributed by atoms with Crippen molar-refractivity contribution in [1.82, 2.24) is 9.38 Å². The summed E-state index contributed by atoms with van der Waals surface area (Å²) in [5.74, 6) is -0.293. The fraction of sp³-hybridized carbons (Fsp3) is 0.0556. The van der Waals surface area contributed by atoms with Crippen molar-refractivity contribution in [2.75, 3.05) is 5.32 Å². The highest BCUT2D eigenvalue weighted by atomic mass is 32.1. The minimum Gasteiger partial charge on any atom is -0.321 e. The number of carbonyl (C=O) groups excluding carboxylic acids is 1. The quantitative estimate of drug-likeness (QED) is 0.524. The Bertz CT molecular complexity index is 1250. The number of amides is 1. The van der Waals surface area contributed by atoms with Gasteiger partial charge in [0.25, 0.3) is 11.5 Å². The molecule has 0 saturated heterocycles. The van der Waals surface area contributed by atoms with Gasteiger partial charge in [-0.2, -0.15) is 0 Å². The molecule has 0 atom stereocenters. The summed E-state index contributed by atoms with van der Waals surface area (Å²) in [6.45, 7) is 1.92. The maximum Gasteiger partial charge on any atom is 0.269 e. The second kappa shape index (κ2) is 5.94. The Balaban J connectivity index is 1.92. The zero-order valence-electron chi connectivity index (χ0n) is 13.2. The lowest BCUT2D eigenvalue weighted by atomic mass is 10.2. The van der Waals surface area contributed by atoms with Gasteiger partial charge in [-0.25, -0.2) is 0 Å². The Kier molecular flexibility index (Phi) is 3.74. The summed E-state index contributed by atoms with van der Waals surface area (Å²) in [5.41, 5.74) is 2.56. The highest BCUT2D eigenvalue weighted by molar-refractivity contribution is 7.73. The van der Waals surface area contributed by atoms with Crippen LogP contribution in [0.15, 0.2) is 53.3 Å². The van der Waals surface area contributed by atoms with Gasteiger partial charge in [-0.05, 0) is 42.9 Å². The third kappa shape index (κ3) is 2.57. The number of carbonyl (C=O) groups is 1. The summed E-state index contributed by atoms with van der Waals surface area (Å²) in [7, 11) is 0. The molecule has 2 heterocycles. The minimum atomic E-state index is -0.293. The molecule has 1 amide bonds. The monoisotopic (exact) mass is 367 g/mol. The fourth-order valence-electron chi connectivity index (χ4n) is 2.79. The molecule has 0 unspecified atom stereocenters. The number of rotatable bonds is 2. The summed E-state index contributed by atoms with van der Waals surface area (Å²) in [4.78, 5) is 28.3. The molecule has 4 aromatic rings. The standard InChI is InChI=1S/C18H13N3O2S2/c1-10-6-2-4-8-12(10)19-17(23)14-15-20-16(22)11-7-3-5-9-13(11)21(15)18(24)25-14/h2-9H,1H3,(H,19,23)(H,20,22). The van der Waals surface area contributed by atoms with Crippen molar-refractivity contribution < 1.29 is 4.79 Å². The van der Waals surface area contributed by atoms with E-state index >= 15 is 0 Å². The molecule has 0 aliphatic carbocycles. The molecule has 4 rings (SSSR count). The van der Waals surface area contributed by atoms with Crippen LogP contribution in [0.4, 0.5) is 5.69 Å². The van der Waals surface area contributed by atoms with Crippen molar-refractivity contribution in [3.8, 4) is 0 Å². The van der Waals surface area contributed by atoms with Crippen LogP contribution in [0.1, 0.15) is 15.2 Å². The number of hydrogen-bond acceptors (Lipinski definition) is 4. The first kappa shape index (κ1) is 15.7. The van der Waals surface area contributed by atoms with Gasteiger partial charge in [0.1, 0.15) is 10.5 Å². The summed E-state index contributed by atoms with van der Waals surface area (Å²) in [5, 5.41) is 3.43. The van der Waals surface area contributed by atoms with Crippen LogP contribution in [0, 0.1) is 10.9 Å². The van der Waals surface area contributed by atoms with Gasteiger partial charge in [0, 0.05) is 5.69 Å². The molecule has 0 bridgehead atoms. The molecule has 2 aromatic heterocycles. The molecule has 5 nitrogen and oxygen atoms in total. The van der Waals surface area contributed by atoms with Gasteiger partial charge < -0.3 is 10.3 Å². The number of aromatic nitrogens is 2. The van der Waals surface area contributed by atoms with Gasteiger partial charge in [-0.15, -0.1) is 0 Å². The van der Waals surface area contributed by atoms with Gasteiger partial charge in [-0.3, -0.25) is 14.0 Å². The third-order valence-corrected chi connectivity index (χ3v) is 5.40. The smallest absolute Gasteiger partial charge is 0.269 e. The van der Waals surface area contributed by atoms with E-state index in [-0.39, 0.29) is 11.5 Å². The Morgan fingerprint density at radius 3 is 2.68 bits per heavy atom. The first-order valence-electron chi connectivity index (χ1n) is 7.60. The molecule has 0 spiro atoms. The van der Waals surface area contributed by atoms with E-state index in [1.807, 2.05) is 43.3 Å². The van der Waals surface area contributed by atoms with E-state index in [1.165, 1.54) is 11.3 Å². The van der Waals surface area contributed by atoms with Crippen molar-refractivity contribution in [2.24, 2.45) is 0 Å². The van der Waals surface area contributed by atoms with Crippen molar-refractivity contribution in [2.45, 2.75) is 6.92 Å². The van der Waals surface area contributed by atoms with Crippen molar-refractivity contribution >= 4 is 51.7 Å². The van der Waals surface area contributed by atoms with E-state index in [4.69, 9.17) is 12.2 Å². The number of nitrogens with zero attached hydrogens (tertiary/aromatic N) is 1. The van der Waals surface area contributed by atoms with Gasteiger partial charge in [0.2, 0.25) is 0 Å². The van der Waals surface area contributed by atoms with Gasteiger partial charge in [-0.1, -0.05) is 41.7 Å². The molecule has 0 radical (unpaired) electrons. The second-order valence-corrected chi connectivity index (χ2v) is 7.27. The van der Waals surface area contributed by atoms with E-state index in [1.54, 1.807) is 16.5 Å². The summed E-state index contributed by atoms with van der Waals surface area (Å²) in [6, 6.07) is 14.7. The van der Waals surface area contributed by atoms with Crippen LogP contribution in [0.25, 0.3) is 16.6 Å². The van der Waals surface area contributed by atoms with Crippen LogP contribution < -0.4 is 10.9 Å². The van der Waals surface area contributed by atoms with Crippen LogP contribution in [0.5, 0.6) is 0 Å². The lowest BCUT2D eigenvalue weighted by molar-refractivity contribution is 0.103. The zero-order valence-corrected chi connectivity index (χ0v) is 14.8. The fourth-order valence-corrected chi connectivity index (χ4v) is 4.07. The molecule has 0 aliphatic rings. The van der Waals surface area contributed by atoms with Crippen LogP contribution in [-0.4, -0.2) is 15.3 Å². The molecule has 2 N–H and O–H groups in total. The minimum absolute atomic E-state index is 0.242. The first-order valence-corrected chi connectivity index (χ1v) is 8.82. The SMILES string of the molecule is Cc1ccccc1NC(=O)c1sc(=S)n2c1[nH]c(=O)c1ccccc12. The number of thiazole rings is 1. The van der Waals surface area contributed by atoms with E-state index in [2.05, 4.69) is 10.3 Å². The number of fused-ring (bicyclic) bond motifs is 3. The lowest BCUT2D eigenvalue weighted by Crippen LogP contribution is -2.15. The lowest BCUT2D eigenvalue weighted by Gasteiger charge is -2.07. The molecular formula is C18H13N3O2S2. The predicted octanol–water partition coefficient (Wildman–Crippen LogP) is 4.13. The third-order valence-electron chi connectivity index (χ3n) is 4.03. The Morgan fingerprint density at radius 1 is 1.16 bits per heavy atom. The predicted molar refractivity (Wildman–Crippen MR) is 103 cm³/mol. The molecule has 124 valence electrons. The Morgan fingerprint density at radius 2 is 1.88 bits per heavy atom. The van der Waals surface area contributed by atoms with Crippen LogP contribution in [0.2, 0.25) is 0 Å². The van der Waals surface area contributed by atoms with Gasteiger partial charge in [0.05, 0.1) is 10.9 Å². The average Bonchev–Trinajstić information content (AvgIpc) is 2.94. The molecule has 0 saturated carbocycles. The molecule has 0 aliphatic heterocycles. The number of H-pyrrole nitrogens is 1. The molecule has 0 fully saturated rings. The van der Waals surface area contributed by atoms with Crippen LogP contribution in [-0.2, 0) is 0 Å². The van der Waals surface area contributed by atoms with Crippen molar-refractivity contribution in [1.29, 1.82) is 0 Å². The number of benzene rings is 2. The number of aryl methyl sites for hydroxylation is 1. The molecule has 25 heavy (non-hydrogen) atoms. The number of para-hydroxylation sites is 2. The maximum absolute atomic E-state index is 12.8. The van der Waals surface area contributed by atoms with Gasteiger partial charge in [0.15, 0.2) is 3.95 Å². The maximum atomic E-state index is 12.8. The van der Waals surface area contributed by atoms with Crippen LogP contribution >= 0.6 is 23.6 Å². The highest BCUT2D eigenvalue weighted by Crippen LogP contribution is 2.24. The summed E-state index contributed by atoms with van der Waals surface area (Å²) < 4.78 is 2.25. The first-order chi connectivity index (χ1) is 12.1. The highest BCUT2D eigenvalue weighted by Gasteiger charge is 2.18. The van der Waals surface area contributed by atoms with E-state index in [9.17, 15) is 9.59 Å². The molecular weight excluding hydrogens is 354 g/mol. The molecule has 2 aromatic carbocycles. The zero-order chi connectivity index (χ0) is 17.6. The normalized spacial score (nSPS) is 11.1. The van der Waals surface area contributed by atoms with E-state index < -0.39 is 0 Å². The second-order valence-electron chi connectivity index (χ2n) is 5.62. The average molecular weight is 367 g/mol.